The van der Waals surface area contributed by atoms with E-state index in [1.54, 1.807) is 23.7 Å². The van der Waals surface area contributed by atoms with Crippen molar-refractivity contribution in [2.75, 3.05) is 5.32 Å². The number of carbonyl (C=O) groups is 3. The van der Waals surface area contributed by atoms with Crippen LogP contribution in [0.25, 0.3) is 0 Å². The van der Waals surface area contributed by atoms with Crippen molar-refractivity contribution in [3.63, 3.8) is 0 Å². The maximum Gasteiger partial charge on any atom is 0.341 e. The third-order valence-corrected chi connectivity index (χ3v) is 6.21. The second-order valence-corrected chi connectivity index (χ2v) is 8.39. The zero-order chi connectivity index (χ0) is 22.5. The van der Waals surface area contributed by atoms with Crippen LogP contribution in [0.1, 0.15) is 44.7 Å². The minimum Gasteiger partial charge on any atom is -0.449 e. The summed E-state index contributed by atoms with van der Waals surface area (Å²) in [5.41, 5.74) is 7.43. The number of carbonyl (C=O) groups excluding carboxylic acids is 3. The van der Waals surface area contributed by atoms with Crippen LogP contribution in [-0.2, 0) is 15.3 Å². The van der Waals surface area contributed by atoms with Crippen LogP contribution >= 0.6 is 23.1 Å². The Kier molecular flexibility index (Phi) is 7.08. The van der Waals surface area contributed by atoms with Crippen LogP contribution in [0.2, 0.25) is 0 Å². The minimum atomic E-state index is -1.10. The highest BCUT2D eigenvalue weighted by Crippen LogP contribution is 2.28. The van der Waals surface area contributed by atoms with E-state index in [1.165, 1.54) is 24.8 Å². The molecule has 31 heavy (non-hydrogen) atoms. The largest absolute Gasteiger partial charge is 0.449 e. The molecule has 9 nitrogen and oxygen atoms in total. The zero-order valence-electron chi connectivity index (χ0n) is 17.0. The summed E-state index contributed by atoms with van der Waals surface area (Å²) in [5.74, 6) is -0.691. The molecule has 2 amide bonds. The first-order valence-corrected chi connectivity index (χ1v) is 11.0. The van der Waals surface area contributed by atoms with Gasteiger partial charge < -0.3 is 20.3 Å². The molecule has 0 aromatic carbocycles. The molecule has 3 N–H and O–H groups in total. The number of thiophene rings is 1. The molecule has 11 heteroatoms. The van der Waals surface area contributed by atoms with Crippen molar-refractivity contribution in [3.8, 4) is 0 Å². The molecule has 3 aromatic rings. The molecule has 1 unspecified atom stereocenters. The molecule has 3 rings (SSSR count). The summed E-state index contributed by atoms with van der Waals surface area (Å²) < 4.78 is 10.5. The highest BCUT2D eigenvalue weighted by atomic mass is 32.2. The van der Waals surface area contributed by atoms with Crippen LogP contribution in [0, 0.1) is 13.8 Å². The third-order valence-electron chi connectivity index (χ3n) is 4.35. The first kappa shape index (κ1) is 22.5. The number of hydrogen-bond acceptors (Lipinski definition) is 9. The second kappa shape index (κ2) is 9.75. The molecule has 3 heterocycles. The van der Waals surface area contributed by atoms with E-state index in [-0.39, 0.29) is 11.1 Å². The van der Waals surface area contributed by atoms with E-state index in [2.05, 4.69) is 15.5 Å². The van der Waals surface area contributed by atoms with Gasteiger partial charge in [-0.25, -0.2) is 9.78 Å². The quantitative estimate of drug-likeness (QED) is 0.386. The maximum atomic E-state index is 12.7. The fourth-order valence-electron chi connectivity index (χ4n) is 2.60. The Labute approximate surface area is 186 Å². The number of thioether (sulfide) groups is 1. The molecule has 0 bridgehead atoms. The van der Waals surface area contributed by atoms with Crippen molar-refractivity contribution < 1.29 is 23.6 Å². The van der Waals surface area contributed by atoms with Gasteiger partial charge in [-0.15, -0.1) is 23.1 Å². The predicted octanol–water partition coefficient (Wildman–Crippen LogP) is 3.32. The summed E-state index contributed by atoms with van der Waals surface area (Å²) >= 11 is 2.49. The highest BCUT2D eigenvalue weighted by Gasteiger charge is 2.23. The summed E-state index contributed by atoms with van der Waals surface area (Å²) in [7, 11) is 0. The van der Waals surface area contributed by atoms with E-state index in [9.17, 15) is 14.4 Å². The number of aryl methyl sites for hydroxylation is 2. The smallest absolute Gasteiger partial charge is 0.341 e. The van der Waals surface area contributed by atoms with Crippen LogP contribution in [-0.4, -0.2) is 34.0 Å². The number of amides is 2. The van der Waals surface area contributed by atoms with Gasteiger partial charge >= 0.3 is 5.97 Å². The molecular weight excluding hydrogens is 440 g/mol. The van der Waals surface area contributed by atoms with Crippen molar-refractivity contribution in [2.45, 2.75) is 37.7 Å². The predicted molar refractivity (Wildman–Crippen MR) is 116 cm³/mol. The topological polar surface area (TPSA) is 137 Å². The lowest BCUT2D eigenvalue weighted by Crippen LogP contribution is -2.30. The Hall–Kier alpha value is -3.18. The monoisotopic (exact) mass is 460 g/mol. The second-order valence-electron chi connectivity index (χ2n) is 6.51. The molecule has 0 saturated carbocycles. The number of hydrogen-bond donors (Lipinski definition) is 2. The van der Waals surface area contributed by atoms with E-state index in [0.29, 0.717) is 21.5 Å². The third kappa shape index (κ3) is 5.30. The molecule has 1 atom stereocenters. The Morgan fingerprint density at radius 1 is 1.29 bits per heavy atom. The van der Waals surface area contributed by atoms with Gasteiger partial charge in [-0.1, -0.05) is 5.16 Å². The van der Waals surface area contributed by atoms with Gasteiger partial charge in [0, 0.05) is 17.5 Å². The Bertz CT molecular complexity index is 1100. The number of primary amides is 1. The molecular formula is C20H20N4O5S2. The van der Waals surface area contributed by atoms with Gasteiger partial charge in [-0.05, 0) is 44.4 Å². The van der Waals surface area contributed by atoms with Gasteiger partial charge in [0.05, 0.1) is 16.8 Å². The van der Waals surface area contributed by atoms with Crippen LogP contribution in [0.4, 0.5) is 5.00 Å². The van der Waals surface area contributed by atoms with E-state index in [1.807, 2.05) is 13.8 Å². The molecule has 0 saturated heterocycles. The molecule has 0 aliphatic rings. The lowest BCUT2D eigenvalue weighted by Gasteiger charge is -2.14. The number of anilines is 1. The summed E-state index contributed by atoms with van der Waals surface area (Å²) in [6.45, 7) is 5.11. The fourth-order valence-corrected chi connectivity index (χ4v) is 4.53. The van der Waals surface area contributed by atoms with Crippen molar-refractivity contribution in [1.29, 1.82) is 0 Å². The SMILES string of the molecule is Cc1noc(C)c1CSc1ncccc1C(=O)OC(C)C(=O)Nc1sccc1C(N)=O. The van der Waals surface area contributed by atoms with Gasteiger partial charge in [0.1, 0.15) is 15.8 Å². The van der Waals surface area contributed by atoms with Crippen LogP contribution in [0.5, 0.6) is 0 Å². The summed E-state index contributed by atoms with van der Waals surface area (Å²) in [4.78, 5) is 40.8. The molecule has 0 aliphatic carbocycles. The Morgan fingerprint density at radius 2 is 2.06 bits per heavy atom. The van der Waals surface area contributed by atoms with E-state index in [0.717, 1.165) is 22.6 Å². The molecule has 0 fully saturated rings. The zero-order valence-corrected chi connectivity index (χ0v) is 18.6. The van der Waals surface area contributed by atoms with Gasteiger partial charge in [0.15, 0.2) is 6.10 Å². The van der Waals surface area contributed by atoms with E-state index < -0.39 is 23.9 Å². The maximum absolute atomic E-state index is 12.7. The van der Waals surface area contributed by atoms with Crippen LogP contribution in [0.3, 0.4) is 0 Å². The average molecular weight is 461 g/mol. The standard InChI is InChI=1S/C20H20N4O5S2/c1-10-15(11(2)29-24-10)9-31-18-14(5-4-7-22-18)20(27)28-12(3)17(26)23-19-13(16(21)25)6-8-30-19/h4-8,12H,9H2,1-3H3,(H2,21,25)(H,23,26). The number of ether oxygens (including phenoxy) is 1. The number of esters is 1. The van der Waals surface area contributed by atoms with Gasteiger partial charge in [-0.2, -0.15) is 0 Å². The van der Waals surface area contributed by atoms with Gasteiger partial charge in [0.2, 0.25) is 0 Å². The van der Waals surface area contributed by atoms with Crippen LogP contribution < -0.4 is 11.1 Å². The molecule has 0 radical (unpaired) electrons. The molecule has 0 aliphatic heterocycles. The first-order chi connectivity index (χ1) is 14.8. The summed E-state index contributed by atoms with van der Waals surface area (Å²) in [5, 5.41) is 8.88. The van der Waals surface area contributed by atoms with Crippen molar-refractivity contribution in [1.82, 2.24) is 10.1 Å². The molecule has 3 aromatic heterocycles. The summed E-state index contributed by atoms with van der Waals surface area (Å²) in [6.07, 6.45) is 0.473. The number of rotatable bonds is 8. The van der Waals surface area contributed by atoms with Crippen molar-refractivity contribution in [3.05, 3.63) is 57.9 Å². The molecule has 0 spiro atoms. The van der Waals surface area contributed by atoms with Crippen LogP contribution in [0.15, 0.2) is 39.3 Å². The Balaban J connectivity index is 1.66. The van der Waals surface area contributed by atoms with Gasteiger partial charge in [-0.3, -0.25) is 9.59 Å². The van der Waals surface area contributed by atoms with E-state index >= 15 is 0 Å². The fraction of sp³-hybridized carbons (Fsp3) is 0.250. The van der Waals surface area contributed by atoms with Gasteiger partial charge in [0.25, 0.3) is 11.8 Å². The Morgan fingerprint density at radius 3 is 2.74 bits per heavy atom. The number of nitrogens with zero attached hydrogens (tertiary/aromatic N) is 2. The molecule has 162 valence electrons. The normalized spacial score (nSPS) is 11.7. The number of nitrogens with one attached hydrogen (secondary N) is 1. The number of aromatic nitrogens is 2. The minimum absolute atomic E-state index is 0.196. The van der Waals surface area contributed by atoms with Crippen molar-refractivity contribution in [2.24, 2.45) is 5.73 Å². The number of nitrogens with two attached hydrogens (primary N) is 1. The number of pyridine rings is 1. The lowest BCUT2D eigenvalue weighted by molar-refractivity contribution is -0.123. The first-order valence-electron chi connectivity index (χ1n) is 9.16. The highest BCUT2D eigenvalue weighted by molar-refractivity contribution is 7.98. The van der Waals surface area contributed by atoms with E-state index in [4.69, 9.17) is 15.0 Å². The van der Waals surface area contributed by atoms with Crippen molar-refractivity contribution >= 4 is 45.9 Å². The average Bonchev–Trinajstić information content (AvgIpc) is 3.33. The lowest BCUT2D eigenvalue weighted by atomic mass is 10.2. The summed E-state index contributed by atoms with van der Waals surface area (Å²) in [6, 6.07) is 4.71.